The lowest BCUT2D eigenvalue weighted by Gasteiger charge is -2.26. The highest BCUT2D eigenvalue weighted by Crippen LogP contribution is 2.36. The van der Waals surface area contributed by atoms with Gasteiger partial charge in [0.15, 0.2) is 0 Å². The molecule has 0 atom stereocenters. The molecule has 0 unspecified atom stereocenters. The van der Waals surface area contributed by atoms with Crippen LogP contribution in [0.4, 0.5) is 17.1 Å². The Morgan fingerprint density at radius 2 is 1.24 bits per heavy atom. The Kier molecular flexibility index (Phi) is 7.12. The van der Waals surface area contributed by atoms with Gasteiger partial charge in [0.2, 0.25) is 0 Å². The van der Waals surface area contributed by atoms with Crippen molar-refractivity contribution < 1.29 is 9.53 Å². The molecule has 0 fully saturated rings. The Morgan fingerprint density at radius 1 is 0.706 bits per heavy atom. The number of hydrogen-bond acceptors (Lipinski definition) is 3. The summed E-state index contributed by atoms with van der Waals surface area (Å²) in [5.74, 6) is 0.667. The maximum Gasteiger partial charge on any atom is 0.311 e. The van der Waals surface area contributed by atoms with Crippen LogP contribution in [0.3, 0.4) is 0 Å². The van der Waals surface area contributed by atoms with Gasteiger partial charge in [-0.15, -0.1) is 0 Å². The molecule has 3 heteroatoms. The summed E-state index contributed by atoms with van der Waals surface area (Å²) in [7, 11) is 0. The van der Waals surface area contributed by atoms with Gasteiger partial charge in [-0.2, -0.15) is 0 Å². The van der Waals surface area contributed by atoms with Gasteiger partial charge < -0.3 is 9.64 Å². The van der Waals surface area contributed by atoms with Crippen molar-refractivity contribution >= 4 is 23.0 Å². The molecule has 0 aliphatic heterocycles. The first-order valence-electron chi connectivity index (χ1n) is 11.7. The van der Waals surface area contributed by atoms with Crippen molar-refractivity contribution in [3.8, 4) is 16.9 Å². The first kappa shape index (κ1) is 23.3. The second-order valence-corrected chi connectivity index (χ2v) is 9.16. The van der Waals surface area contributed by atoms with E-state index in [9.17, 15) is 4.79 Å². The number of para-hydroxylation sites is 1. The number of anilines is 3. The van der Waals surface area contributed by atoms with E-state index in [0.29, 0.717) is 12.2 Å². The fraction of sp³-hybridized carbons (Fsp3) is 0.194. The second kappa shape index (κ2) is 10.4. The number of rotatable bonds is 7. The first-order chi connectivity index (χ1) is 16.4. The first-order valence-corrected chi connectivity index (χ1v) is 11.7. The van der Waals surface area contributed by atoms with E-state index in [1.165, 1.54) is 11.1 Å². The monoisotopic (exact) mass is 449 g/mol. The molecular formula is C31H31NO2. The van der Waals surface area contributed by atoms with Gasteiger partial charge >= 0.3 is 5.97 Å². The molecule has 34 heavy (non-hydrogen) atoms. The minimum atomic E-state index is -0.195. The summed E-state index contributed by atoms with van der Waals surface area (Å²) in [6.07, 6.45) is 0.418. The minimum absolute atomic E-state index is 0.195. The molecule has 4 aromatic rings. The summed E-state index contributed by atoms with van der Waals surface area (Å²) >= 11 is 0. The predicted molar refractivity (Wildman–Crippen MR) is 141 cm³/mol. The van der Waals surface area contributed by atoms with Gasteiger partial charge in [0.1, 0.15) is 5.75 Å². The van der Waals surface area contributed by atoms with Crippen LogP contribution in [0.15, 0.2) is 97.1 Å². The van der Waals surface area contributed by atoms with Crippen molar-refractivity contribution in [3.05, 3.63) is 108 Å². The summed E-state index contributed by atoms with van der Waals surface area (Å²) in [6.45, 7) is 8.28. The molecule has 4 aromatic carbocycles. The van der Waals surface area contributed by atoms with Crippen LogP contribution in [0.5, 0.6) is 5.75 Å². The Morgan fingerprint density at radius 3 is 1.79 bits per heavy atom. The van der Waals surface area contributed by atoms with Crippen LogP contribution in [0.2, 0.25) is 0 Å². The zero-order chi connectivity index (χ0) is 24.1. The molecule has 0 aliphatic carbocycles. The quantitative estimate of drug-likeness (QED) is 0.210. The van der Waals surface area contributed by atoms with Gasteiger partial charge in [0.05, 0.1) is 0 Å². The molecule has 0 radical (unpaired) electrons. The Bertz CT molecular complexity index is 1220. The third-order valence-electron chi connectivity index (χ3n) is 5.60. The van der Waals surface area contributed by atoms with E-state index in [1.54, 1.807) is 0 Å². The van der Waals surface area contributed by atoms with E-state index >= 15 is 0 Å². The van der Waals surface area contributed by atoms with Crippen LogP contribution in [0, 0.1) is 19.8 Å². The molecular weight excluding hydrogens is 418 g/mol. The van der Waals surface area contributed by atoms with E-state index in [4.69, 9.17) is 4.74 Å². The fourth-order valence-electron chi connectivity index (χ4n) is 4.13. The standard InChI is InChI=1S/C31H31NO2/c1-22(2)18-31(33)34-30-16-12-26(13-17-30)25-10-14-28(15-11-25)32(27-8-6-5-7-9-27)29-20-23(3)19-24(4)21-29/h5-17,19-22H,18H2,1-4H3. The fourth-order valence-corrected chi connectivity index (χ4v) is 4.13. The Hall–Kier alpha value is -3.85. The van der Waals surface area contributed by atoms with Crippen LogP contribution in [-0.2, 0) is 4.79 Å². The molecule has 3 nitrogen and oxygen atoms in total. The molecule has 0 aromatic heterocycles. The zero-order valence-electron chi connectivity index (χ0n) is 20.3. The highest BCUT2D eigenvalue weighted by Gasteiger charge is 2.13. The SMILES string of the molecule is Cc1cc(C)cc(N(c2ccccc2)c2ccc(-c3ccc(OC(=O)CC(C)C)cc3)cc2)c1. The van der Waals surface area contributed by atoms with Crippen molar-refractivity contribution in [2.75, 3.05) is 4.90 Å². The lowest BCUT2D eigenvalue weighted by Crippen LogP contribution is -2.10. The van der Waals surface area contributed by atoms with E-state index in [2.05, 4.69) is 85.5 Å². The molecule has 172 valence electrons. The highest BCUT2D eigenvalue weighted by atomic mass is 16.5. The van der Waals surface area contributed by atoms with Crippen molar-refractivity contribution in [2.45, 2.75) is 34.1 Å². The van der Waals surface area contributed by atoms with E-state index in [-0.39, 0.29) is 11.9 Å². The largest absolute Gasteiger partial charge is 0.427 e. The van der Waals surface area contributed by atoms with Gasteiger partial charge in [-0.25, -0.2) is 0 Å². The van der Waals surface area contributed by atoms with Crippen LogP contribution in [0.25, 0.3) is 11.1 Å². The van der Waals surface area contributed by atoms with Gasteiger partial charge in [-0.05, 0) is 90.6 Å². The van der Waals surface area contributed by atoms with Gasteiger partial charge in [-0.3, -0.25) is 4.79 Å². The van der Waals surface area contributed by atoms with Gasteiger partial charge in [-0.1, -0.05) is 62.4 Å². The van der Waals surface area contributed by atoms with E-state index in [0.717, 1.165) is 28.2 Å². The maximum absolute atomic E-state index is 11.9. The number of nitrogens with zero attached hydrogens (tertiary/aromatic N) is 1. The molecule has 0 aliphatic rings. The number of aryl methyl sites for hydroxylation is 2. The molecule has 0 amide bonds. The molecule has 4 rings (SSSR count). The normalized spacial score (nSPS) is 10.9. The van der Waals surface area contributed by atoms with Gasteiger partial charge in [0, 0.05) is 23.5 Å². The summed E-state index contributed by atoms with van der Waals surface area (Å²) in [6, 6.07) is 33.3. The number of esters is 1. The Labute approximate surface area is 202 Å². The van der Waals surface area contributed by atoms with Crippen molar-refractivity contribution in [1.82, 2.24) is 0 Å². The molecule has 0 spiro atoms. The summed E-state index contributed by atoms with van der Waals surface area (Å²) in [5.41, 5.74) is 8.02. The number of carbonyl (C=O) groups is 1. The molecule has 0 heterocycles. The summed E-state index contributed by atoms with van der Waals surface area (Å²) in [5, 5.41) is 0. The van der Waals surface area contributed by atoms with Crippen molar-refractivity contribution in [3.63, 3.8) is 0 Å². The summed E-state index contributed by atoms with van der Waals surface area (Å²) in [4.78, 5) is 14.2. The van der Waals surface area contributed by atoms with Gasteiger partial charge in [0.25, 0.3) is 0 Å². The lowest BCUT2D eigenvalue weighted by atomic mass is 10.0. The number of benzene rings is 4. The zero-order valence-corrected chi connectivity index (χ0v) is 20.3. The molecule has 0 saturated carbocycles. The molecule has 0 bridgehead atoms. The predicted octanol–water partition coefficient (Wildman–Crippen LogP) is 8.39. The van der Waals surface area contributed by atoms with Crippen LogP contribution >= 0.6 is 0 Å². The van der Waals surface area contributed by atoms with Crippen LogP contribution in [0.1, 0.15) is 31.4 Å². The average molecular weight is 450 g/mol. The third-order valence-corrected chi connectivity index (χ3v) is 5.60. The molecule has 0 saturated heterocycles. The molecule has 0 N–H and O–H groups in total. The van der Waals surface area contributed by atoms with E-state index < -0.39 is 0 Å². The maximum atomic E-state index is 11.9. The van der Waals surface area contributed by atoms with E-state index in [1.807, 2.05) is 44.2 Å². The number of carbonyl (C=O) groups excluding carboxylic acids is 1. The third kappa shape index (κ3) is 5.74. The van der Waals surface area contributed by atoms with Crippen molar-refractivity contribution in [1.29, 1.82) is 0 Å². The van der Waals surface area contributed by atoms with Crippen molar-refractivity contribution in [2.24, 2.45) is 5.92 Å². The van der Waals surface area contributed by atoms with Crippen LogP contribution < -0.4 is 9.64 Å². The second-order valence-electron chi connectivity index (χ2n) is 9.16. The smallest absolute Gasteiger partial charge is 0.311 e. The topological polar surface area (TPSA) is 29.5 Å². The minimum Gasteiger partial charge on any atom is -0.427 e. The number of ether oxygens (including phenoxy) is 1. The number of hydrogen-bond donors (Lipinski definition) is 0. The lowest BCUT2D eigenvalue weighted by molar-refractivity contribution is -0.135. The average Bonchev–Trinajstić information content (AvgIpc) is 2.80. The highest BCUT2D eigenvalue weighted by molar-refractivity contribution is 5.79. The summed E-state index contributed by atoms with van der Waals surface area (Å²) < 4.78 is 5.44. The van der Waals surface area contributed by atoms with Crippen LogP contribution in [-0.4, -0.2) is 5.97 Å². The Balaban J connectivity index is 1.60.